The molecule has 2 heterocycles. The normalized spacial score (nSPS) is 15.9. The number of benzene rings is 1. The van der Waals surface area contributed by atoms with Crippen LogP contribution >= 0.6 is 0 Å². The highest BCUT2D eigenvalue weighted by atomic mass is 16.1. The Hall–Kier alpha value is -1.81. The Balaban J connectivity index is 1.56. The Labute approximate surface area is 138 Å². The van der Waals surface area contributed by atoms with Crippen LogP contribution in [0.1, 0.15) is 39.0 Å². The summed E-state index contributed by atoms with van der Waals surface area (Å²) in [6.45, 7) is 5.41. The van der Waals surface area contributed by atoms with Crippen molar-refractivity contribution in [2.24, 2.45) is 5.92 Å². The number of fused-ring (bicyclic) bond motifs is 1. The fourth-order valence-electron chi connectivity index (χ4n) is 3.44. The fraction of sp³-hybridized carbons (Fsp3) is 0.526. The molecule has 4 nitrogen and oxygen atoms in total. The van der Waals surface area contributed by atoms with Gasteiger partial charge >= 0.3 is 0 Å². The number of carbonyl (C=O) groups excluding carboxylic acids is 1. The lowest BCUT2D eigenvalue weighted by Crippen LogP contribution is -2.28. The predicted molar refractivity (Wildman–Crippen MR) is 95.7 cm³/mol. The molecule has 23 heavy (non-hydrogen) atoms. The summed E-state index contributed by atoms with van der Waals surface area (Å²) in [5.74, 6) is 0.837. The molecule has 2 N–H and O–H groups in total. The lowest BCUT2D eigenvalue weighted by Gasteiger charge is -2.22. The van der Waals surface area contributed by atoms with Gasteiger partial charge in [0.2, 0.25) is 5.91 Å². The highest BCUT2D eigenvalue weighted by Crippen LogP contribution is 2.22. The number of anilines is 1. The molecular formula is C19H27N3O. The number of hydrogen-bond acceptors (Lipinski definition) is 2. The van der Waals surface area contributed by atoms with E-state index in [9.17, 15) is 4.79 Å². The molecular weight excluding hydrogens is 286 g/mol. The standard InChI is InChI=1S/C19H27N3O/c1-2-12-22-13-9-16-14-17(4-5-18(16)22)21-19(23)6-3-15-7-10-20-11-8-15/h4-5,9,13-15,20H,2-3,6-8,10-12H2,1H3,(H,21,23). The van der Waals surface area contributed by atoms with Gasteiger partial charge in [-0.2, -0.15) is 0 Å². The Morgan fingerprint density at radius 1 is 1.30 bits per heavy atom. The number of nitrogens with zero attached hydrogens (tertiary/aromatic N) is 1. The second-order valence-corrected chi connectivity index (χ2v) is 6.56. The quantitative estimate of drug-likeness (QED) is 0.853. The maximum atomic E-state index is 12.2. The predicted octanol–water partition coefficient (Wildman–Crippen LogP) is 3.77. The fourth-order valence-corrected chi connectivity index (χ4v) is 3.44. The van der Waals surface area contributed by atoms with Gasteiger partial charge in [-0.05, 0) is 69.0 Å². The molecule has 1 amide bonds. The second-order valence-electron chi connectivity index (χ2n) is 6.56. The molecule has 0 atom stereocenters. The van der Waals surface area contributed by atoms with E-state index in [4.69, 9.17) is 0 Å². The lowest BCUT2D eigenvalue weighted by atomic mass is 9.93. The first-order valence-electron chi connectivity index (χ1n) is 8.85. The van der Waals surface area contributed by atoms with Crippen LogP contribution in [0.5, 0.6) is 0 Å². The van der Waals surface area contributed by atoms with Crippen molar-refractivity contribution in [1.29, 1.82) is 0 Å². The zero-order chi connectivity index (χ0) is 16.1. The van der Waals surface area contributed by atoms with Crippen LogP contribution in [0.3, 0.4) is 0 Å². The summed E-state index contributed by atoms with van der Waals surface area (Å²) in [5, 5.41) is 7.61. The maximum absolute atomic E-state index is 12.2. The average molecular weight is 313 g/mol. The van der Waals surface area contributed by atoms with Gasteiger partial charge in [-0.1, -0.05) is 6.92 Å². The minimum Gasteiger partial charge on any atom is -0.347 e. The van der Waals surface area contributed by atoms with Crippen LogP contribution in [0.15, 0.2) is 30.5 Å². The average Bonchev–Trinajstić information content (AvgIpc) is 2.97. The number of nitrogens with one attached hydrogen (secondary N) is 2. The zero-order valence-electron chi connectivity index (χ0n) is 14.0. The molecule has 1 aromatic heterocycles. The van der Waals surface area contributed by atoms with Crippen LogP contribution in [-0.4, -0.2) is 23.6 Å². The Bertz CT molecular complexity index is 656. The number of carbonyl (C=O) groups is 1. The van der Waals surface area contributed by atoms with E-state index in [1.165, 1.54) is 23.7 Å². The first-order valence-corrected chi connectivity index (χ1v) is 8.85. The monoisotopic (exact) mass is 313 g/mol. The molecule has 0 aliphatic carbocycles. The van der Waals surface area contributed by atoms with Crippen LogP contribution in [0, 0.1) is 5.92 Å². The molecule has 1 aliphatic heterocycles. The van der Waals surface area contributed by atoms with Gasteiger partial charge in [0.15, 0.2) is 0 Å². The van der Waals surface area contributed by atoms with Gasteiger partial charge in [-0.15, -0.1) is 0 Å². The zero-order valence-corrected chi connectivity index (χ0v) is 14.0. The summed E-state index contributed by atoms with van der Waals surface area (Å²) < 4.78 is 2.26. The highest BCUT2D eigenvalue weighted by molar-refractivity contribution is 5.93. The van der Waals surface area contributed by atoms with Gasteiger partial charge in [-0.3, -0.25) is 4.79 Å². The summed E-state index contributed by atoms with van der Waals surface area (Å²) in [4.78, 5) is 12.2. The van der Waals surface area contributed by atoms with Gasteiger partial charge in [0, 0.05) is 35.8 Å². The largest absolute Gasteiger partial charge is 0.347 e. The summed E-state index contributed by atoms with van der Waals surface area (Å²) in [6, 6.07) is 8.31. The summed E-state index contributed by atoms with van der Waals surface area (Å²) in [6.07, 6.45) is 7.27. The number of piperidine rings is 1. The van der Waals surface area contributed by atoms with Gasteiger partial charge in [-0.25, -0.2) is 0 Å². The van der Waals surface area contributed by atoms with Crippen molar-refractivity contribution in [3.8, 4) is 0 Å². The van der Waals surface area contributed by atoms with Gasteiger partial charge in [0.25, 0.3) is 0 Å². The summed E-state index contributed by atoms with van der Waals surface area (Å²) in [7, 11) is 0. The van der Waals surface area contributed by atoms with Crippen molar-refractivity contribution < 1.29 is 4.79 Å². The van der Waals surface area contributed by atoms with E-state index >= 15 is 0 Å². The van der Waals surface area contributed by atoms with Crippen molar-refractivity contribution in [2.45, 2.75) is 45.6 Å². The molecule has 1 aliphatic rings. The third-order valence-electron chi connectivity index (χ3n) is 4.76. The number of rotatable bonds is 6. The summed E-state index contributed by atoms with van der Waals surface area (Å²) in [5.41, 5.74) is 2.14. The van der Waals surface area contributed by atoms with Crippen molar-refractivity contribution in [3.63, 3.8) is 0 Å². The van der Waals surface area contributed by atoms with Crippen LogP contribution in [-0.2, 0) is 11.3 Å². The second kappa shape index (κ2) is 7.64. The van der Waals surface area contributed by atoms with Gasteiger partial charge in [0.05, 0.1) is 0 Å². The molecule has 0 saturated carbocycles. The van der Waals surface area contributed by atoms with E-state index < -0.39 is 0 Å². The first-order chi connectivity index (χ1) is 11.3. The van der Waals surface area contributed by atoms with Crippen LogP contribution in [0.2, 0.25) is 0 Å². The molecule has 0 unspecified atom stereocenters. The van der Waals surface area contributed by atoms with Gasteiger partial charge < -0.3 is 15.2 Å². The lowest BCUT2D eigenvalue weighted by molar-refractivity contribution is -0.116. The molecule has 1 fully saturated rings. The van der Waals surface area contributed by atoms with Crippen molar-refractivity contribution in [3.05, 3.63) is 30.5 Å². The molecule has 124 valence electrons. The minimum atomic E-state index is 0.135. The Morgan fingerprint density at radius 2 is 2.13 bits per heavy atom. The van der Waals surface area contributed by atoms with E-state index in [-0.39, 0.29) is 5.91 Å². The maximum Gasteiger partial charge on any atom is 0.224 e. The third-order valence-corrected chi connectivity index (χ3v) is 4.76. The van der Waals surface area contributed by atoms with Crippen molar-refractivity contribution in [1.82, 2.24) is 9.88 Å². The molecule has 0 bridgehead atoms. The molecule has 1 saturated heterocycles. The smallest absolute Gasteiger partial charge is 0.224 e. The third kappa shape index (κ3) is 4.14. The van der Waals surface area contributed by atoms with Crippen LogP contribution < -0.4 is 10.6 Å². The highest BCUT2D eigenvalue weighted by Gasteiger charge is 2.14. The molecule has 3 rings (SSSR count). The molecule has 4 heteroatoms. The molecule has 0 radical (unpaired) electrons. The van der Waals surface area contributed by atoms with E-state index in [0.717, 1.165) is 38.2 Å². The van der Waals surface area contributed by atoms with Crippen molar-refractivity contribution in [2.75, 3.05) is 18.4 Å². The Morgan fingerprint density at radius 3 is 2.91 bits per heavy atom. The van der Waals surface area contributed by atoms with E-state index in [1.807, 2.05) is 6.07 Å². The summed E-state index contributed by atoms with van der Waals surface area (Å²) >= 11 is 0. The topological polar surface area (TPSA) is 46.1 Å². The first kappa shape index (κ1) is 16.1. The molecule has 0 spiro atoms. The molecule has 1 aromatic carbocycles. The number of amides is 1. The van der Waals surface area contributed by atoms with Crippen LogP contribution in [0.25, 0.3) is 10.9 Å². The number of aryl methyl sites for hydroxylation is 1. The van der Waals surface area contributed by atoms with E-state index in [1.54, 1.807) is 0 Å². The number of aromatic nitrogens is 1. The van der Waals surface area contributed by atoms with Gasteiger partial charge in [0.1, 0.15) is 0 Å². The number of hydrogen-bond donors (Lipinski definition) is 2. The van der Waals surface area contributed by atoms with Crippen LogP contribution in [0.4, 0.5) is 5.69 Å². The van der Waals surface area contributed by atoms with Crippen molar-refractivity contribution >= 4 is 22.5 Å². The SMILES string of the molecule is CCCn1ccc2cc(NC(=O)CCC3CCNCC3)ccc21. The van der Waals surface area contributed by atoms with E-state index in [2.05, 4.69) is 46.5 Å². The van der Waals surface area contributed by atoms with E-state index in [0.29, 0.717) is 12.3 Å². The molecule has 2 aromatic rings. The minimum absolute atomic E-state index is 0.135. The Kier molecular flexibility index (Phi) is 5.34.